The van der Waals surface area contributed by atoms with Crippen molar-refractivity contribution in [2.75, 3.05) is 29.9 Å². The maximum atomic E-state index is 14.5. The van der Waals surface area contributed by atoms with Gasteiger partial charge in [-0.3, -0.25) is 0 Å². The lowest BCUT2D eigenvalue weighted by molar-refractivity contribution is 0.373. The van der Waals surface area contributed by atoms with E-state index < -0.39 is 5.82 Å². The fraction of sp³-hybridized carbons (Fsp3) is 0.414. The monoisotopic (exact) mass is 482 g/mol. The fourth-order valence-corrected chi connectivity index (χ4v) is 5.35. The Kier molecular flexibility index (Phi) is 7.18. The van der Waals surface area contributed by atoms with Crippen molar-refractivity contribution in [1.82, 2.24) is 9.78 Å². The van der Waals surface area contributed by atoms with Gasteiger partial charge in [-0.25, -0.2) is 9.07 Å². The van der Waals surface area contributed by atoms with Crippen LogP contribution in [0.3, 0.4) is 0 Å². The summed E-state index contributed by atoms with van der Waals surface area (Å²) in [5, 5.41) is 26.7. The van der Waals surface area contributed by atoms with Crippen molar-refractivity contribution in [3.05, 3.63) is 59.9 Å². The molecule has 2 aliphatic rings. The summed E-state index contributed by atoms with van der Waals surface area (Å²) in [5.41, 5.74) is 3.49. The maximum Gasteiger partial charge on any atom is 0.149 e. The molecule has 1 saturated heterocycles. The van der Waals surface area contributed by atoms with Gasteiger partial charge in [0.15, 0.2) is 0 Å². The quantitative estimate of drug-likeness (QED) is 0.447. The van der Waals surface area contributed by atoms with E-state index in [1.165, 1.54) is 44.2 Å². The lowest BCUT2D eigenvalue weighted by Crippen LogP contribution is -2.33. The molecule has 1 aromatic heterocycles. The average Bonchev–Trinajstić information content (AvgIpc) is 3.37. The SMILES string of the molecule is N#Cc1ccc(-c2cc(NCC3CCCCC3)nn2-c2ccc(N3CCC(C#N)CC3)cc2)cc1F. The maximum absolute atomic E-state index is 14.5. The Morgan fingerprint density at radius 2 is 1.64 bits per heavy atom. The van der Waals surface area contributed by atoms with Crippen LogP contribution >= 0.6 is 0 Å². The number of hydrogen-bond donors (Lipinski definition) is 1. The van der Waals surface area contributed by atoms with Crippen molar-refractivity contribution in [3.8, 4) is 29.1 Å². The minimum absolute atomic E-state index is 0.0324. The van der Waals surface area contributed by atoms with Crippen LogP contribution in [-0.4, -0.2) is 29.4 Å². The van der Waals surface area contributed by atoms with Crippen LogP contribution in [0.4, 0.5) is 15.9 Å². The first-order valence-electron chi connectivity index (χ1n) is 12.9. The number of aromatic nitrogens is 2. The third kappa shape index (κ3) is 5.21. The Hall–Kier alpha value is -3.84. The minimum Gasteiger partial charge on any atom is -0.371 e. The van der Waals surface area contributed by atoms with E-state index >= 15 is 0 Å². The Bertz CT molecular complexity index is 1270. The van der Waals surface area contributed by atoms with E-state index in [2.05, 4.69) is 28.4 Å². The number of rotatable bonds is 6. The molecule has 1 aliphatic heterocycles. The molecule has 0 amide bonds. The first-order valence-corrected chi connectivity index (χ1v) is 12.9. The van der Waals surface area contributed by atoms with Crippen LogP contribution in [0, 0.1) is 40.3 Å². The zero-order valence-electron chi connectivity index (χ0n) is 20.5. The molecule has 1 N–H and O–H groups in total. The first-order chi connectivity index (χ1) is 17.6. The molecule has 1 aliphatic carbocycles. The number of hydrogen-bond acceptors (Lipinski definition) is 5. The van der Waals surface area contributed by atoms with E-state index in [4.69, 9.17) is 15.6 Å². The molecule has 0 radical (unpaired) electrons. The van der Waals surface area contributed by atoms with Crippen LogP contribution in [0.2, 0.25) is 0 Å². The number of anilines is 2. The summed E-state index contributed by atoms with van der Waals surface area (Å²) < 4.78 is 16.3. The summed E-state index contributed by atoms with van der Waals surface area (Å²) in [6.45, 7) is 2.64. The highest BCUT2D eigenvalue weighted by Crippen LogP contribution is 2.30. The van der Waals surface area contributed by atoms with Crippen LogP contribution in [0.5, 0.6) is 0 Å². The van der Waals surface area contributed by atoms with Crippen molar-refractivity contribution < 1.29 is 4.39 Å². The van der Waals surface area contributed by atoms with Gasteiger partial charge in [0.25, 0.3) is 0 Å². The number of halogens is 1. The standard InChI is InChI=1S/C29H31FN6/c30-27-16-23(6-7-24(27)19-32)28-17-29(33-20-22-4-2-1-3-5-22)34-36(28)26-10-8-25(9-11-26)35-14-12-21(18-31)13-15-35/h6-11,16-17,21-22H,1-5,12-15,20H2,(H,33,34). The smallest absolute Gasteiger partial charge is 0.149 e. The average molecular weight is 483 g/mol. The molecule has 2 fully saturated rings. The molecule has 6 nitrogen and oxygen atoms in total. The summed E-state index contributed by atoms with van der Waals surface area (Å²) in [5.74, 6) is 1.04. The van der Waals surface area contributed by atoms with Gasteiger partial charge in [0.2, 0.25) is 0 Å². The van der Waals surface area contributed by atoms with Crippen molar-refractivity contribution in [1.29, 1.82) is 10.5 Å². The lowest BCUT2D eigenvalue weighted by Gasteiger charge is -2.31. The Morgan fingerprint density at radius 1 is 0.917 bits per heavy atom. The second-order valence-electron chi connectivity index (χ2n) is 9.92. The molecule has 5 rings (SSSR count). The van der Waals surface area contributed by atoms with Gasteiger partial charge in [0, 0.05) is 42.9 Å². The highest BCUT2D eigenvalue weighted by molar-refractivity contribution is 5.67. The van der Waals surface area contributed by atoms with Crippen LogP contribution in [-0.2, 0) is 0 Å². The first kappa shape index (κ1) is 23.9. The lowest BCUT2D eigenvalue weighted by atomic mass is 9.89. The Morgan fingerprint density at radius 3 is 2.31 bits per heavy atom. The van der Waals surface area contributed by atoms with Gasteiger partial charge in [-0.05, 0) is 68.0 Å². The normalized spacial score (nSPS) is 16.9. The third-order valence-corrected chi connectivity index (χ3v) is 7.53. The number of nitrogens with one attached hydrogen (secondary N) is 1. The van der Waals surface area contributed by atoms with Gasteiger partial charge >= 0.3 is 0 Å². The van der Waals surface area contributed by atoms with Gasteiger partial charge < -0.3 is 10.2 Å². The van der Waals surface area contributed by atoms with E-state index in [0.717, 1.165) is 55.4 Å². The summed E-state index contributed by atoms with van der Waals surface area (Å²) >= 11 is 0. The topological polar surface area (TPSA) is 80.7 Å². The Balaban J connectivity index is 1.41. The summed E-state index contributed by atoms with van der Waals surface area (Å²) in [4.78, 5) is 2.31. The zero-order chi connectivity index (χ0) is 24.9. The van der Waals surface area contributed by atoms with Crippen molar-refractivity contribution in [2.45, 2.75) is 44.9 Å². The molecule has 0 unspecified atom stereocenters. The molecule has 3 aromatic rings. The van der Waals surface area contributed by atoms with Gasteiger partial charge in [-0.2, -0.15) is 10.5 Å². The molecule has 184 valence electrons. The highest BCUT2D eigenvalue weighted by atomic mass is 19.1. The molecule has 36 heavy (non-hydrogen) atoms. The van der Waals surface area contributed by atoms with Crippen molar-refractivity contribution in [3.63, 3.8) is 0 Å². The number of benzene rings is 2. The molecule has 7 heteroatoms. The molecule has 1 saturated carbocycles. The molecular formula is C29H31FN6. The van der Waals surface area contributed by atoms with Crippen LogP contribution in [0.15, 0.2) is 48.5 Å². The molecule has 0 spiro atoms. The van der Waals surface area contributed by atoms with Gasteiger partial charge in [0.05, 0.1) is 23.0 Å². The molecule has 0 bridgehead atoms. The van der Waals surface area contributed by atoms with Crippen molar-refractivity contribution in [2.24, 2.45) is 11.8 Å². The predicted octanol–water partition coefficient (Wildman–Crippen LogP) is 6.28. The van der Waals surface area contributed by atoms with E-state index in [-0.39, 0.29) is 11.5 Å². The Labute approximate surface area is 212 Å². The summed E-state index contributed by atoms with van der Waals surface area (Å²) in [6, 6.07) is 19.2. The van der Waals surface area contributed by atoms with E-state index in [1.54, 1.807) is 6.07 Å². The van der Waals surface area contributed by atoms with Gasteiger partial charge in [-0.1, -0.05) is 25.3 Å². The molecule has 2 heterocycles. The number of piperidine rings is 1. The van der Waals surface area contributed by atoms with Crippen LogP contribution in [0.1, 0.15) is 50.5 Å². The summed E-state index contributed by atoms with van der Waals surface area (Å²) in [6.07, 6.45) is 8.17. The van der Waals surface area contributed by atoms with Crippen LogP contribution in [0.25, 0.3) is 16.9 Å². The van der Waals surface area contributed by atoms with Gasteiger partial charge in [0.1, 0.15) is 17.7 Å². The summed E-state index contributed by atoms with van der Waals surface area (Å²) in [7, 11) is 0. The molecular weight excluding hydrogens is 451 g/mol. The van der Waals surface area contributed by atoms with Crippen LogP contribution < -0.4 is 10.2 Å². The third-order valence-electron chi connectivity index (χ3n) is 7.53. The minimum atomic E-state index is -0.532. The number of nitriles is 2. The van der Waals surface area contributed by atoms with E-state index in [9.17, 15) is 4.39 Å². The molecule has 0 atom stereocenters. The second kappa shape index (κ2) is 10.8. The van der Waals surface area contributed by atoms with E-state index in [1.807, 2.05) is 29.0 Å². The second-order valence-corrected chi connectivity index (χ2v) is 9.92. The predicted molar refractivity (Wildman–Crippen MR) is 139 cm³/mol. The molecule has 2 aromatic carbocycles. The fourth-order valence-electron chi connectivity index (χ4n) is 5.35. The van der Waals surface area contributed by atoms with Crippen molar-refractivity contribution >= 4 is 11.5 Å². The largest absolute Gasteiger partial charge is 0.371 e. The zero-order valence-corrected chi connectivity index (χ0v) is 20.5. The van der Waals surface area contributed by atoms with E-state index in [0.29, 0.717) is 11.5 Å². The van der Waals surface area contributed by atoms with Gasteiger partial charge in [-0.15, -0.1) is 5.10 Å². The highest BCUT2D eigenvalue weighted by Gasteiger charge is 2.20. The number of nitrogens with zero attached hydrogens (tertiary/aromatic N) is 5.